The summed E-state index contributed by atoms with van der Waals surface area (Å²) in [5, 5.41) is 4.30. The standard InChI is InChI=1S/C69H83BN2SSi/c1-63(2,3)44-21-28-55-56(37-44)71(45-22-26-49-51(38-45)66(8,9)31-29-64(49,4)5)57-35-43(42-19-24-47(25-20-42)74(16,17)18)36-58-61(57)70(55)60-48-40-53-54(69(14,15)34-33-68(53,12)13)41-59(48)73-62(60)72(58)46-23-27-50-52(39-46)67(10,11)32-30-65(50,6)7/h19-28,35-41H,29-34H2,1-18H3. The van der Waals surface area contributed by atoms with Gasteiger partial charge >= 0.3 is 0 Å². The molecule has 2 aliphatic heterocycles. The minimum atomic E-state index is -1.54. The van der Waals surface area contributed by atoms with Crippen LogP contribution in [0.3, 0.4) is 0 Å². The first-order valence-corrected chi connectivity index (χ1v) is 32.6. The molecule has 0 unspecified atom stereocenters. The largest absolute Gasteiger partial charge is 0.311 e. The highest BCUT2D eigenvalue weighted by Gasteiger charge is 2.48. The molecule has 0 N–H and O–H groups in total. The Morgan fingerprint density at radius 2 is 0.905 bits per heavy atom. The maximum Gasteiger partial charge on any atom is 0.254 e. The van der Waals surface area contributed by atoms with Crippen LogP contribution in [0.25, 0.3) is 21.2 Å². The highest BCUT2D eigenvalue weighted by atomic mass is 32.1. The number of anilines is 6. The zero-order valence-corrected chi connectivity index (χ0v) is 50.3. The molecule has 5 aliphatic rings. The SMILES string of the molecule is CC(C)(C)c1ccc2c(c1)N(c1ccc3c(c1)C(C)(C)CCC3(C)C)c1cc(-c3ccc([Si](C)(C)C)cc3)cc3c1B2c1c(sc2cc4c(cc12)C(C)(C)CCC4(C)C)N3c1ccc2c(c1)C(C)(C)CCC2(C)C. The van der Waals surface area contributed by atoms with Crippen molar-refractivity contribution >= 4 is 91.2 Å². The molecule has 382 valence electrons. The molecule has 0 fully saturated rings. The fraction of sp³-hybridized carbons (Fsp3) is 0.449. The Hall–Kier alpha value is -4.84. The second kappa shape index (κ2) is 15.9. The third-order valence-corrected chi connectivity index (χ3v) is 23.0. The van der Waals surface area contributed by atoms with Gasteiger partial charge < -0.3 is 9.80 Å². The van der Waals surface area contributed by atoms with Gasteiger partial charge in [-0.1, -0.05) is 177 Å². The molecule has 0 spiro atoms. The van der Waals surface area contributed by atoms with Crippen molar-refractivity contribution in [3.63, 3.8) is 0 Å². The molecule has 74 heavy (non-hydrogen) atoms. The maximum atomic E-state index is 2.76. The summed E-state index contributed by atoms with van der Waals surface area (Å²) in [4.78, 5) is 5.48. The van der Waals surface area contributed by atoms with Gasteiger partial charge in [0.05, 0.1) is 13.1 Å². The minimum Gasteiger partial charge on any atom is -0.311 e. The Labute approximate surface area is 451 Å². The fourth-order valence-corrected chi connectivity index (χ4v) is 16.8. The van der Waals surface area contributed by atoms with Crippen LogP contribution >= 0.6 is 11.3 Å². The van der Waals surface area contributed by atoms with Crippen molar-refractivity contribution in [3.8, 4) is 11.1 Å². The lowest BCUT2D eigenvalue weighted by molar-refractivity contribution is 0.332. The van der Waals surface area contributed by atoms with Gasteiger partial charge in [0.15, 0.2) is 0 Å². The highest BCUT2D eigenvalue weighted by molar-refractivity contribution is 7.26. The molecule has 0 atom stereocenters. The van der Waals surface area contributed by atoms with Crippen molar-refractivity contribution in [3.05, 3.63) is 142 Å². The van der Waals surface area contributed by atoms with E-state index in [0.717, 1.165) is 0 Å². The van der Waals surface area contributed by atoms with E-state index < -0.39 is 8.07 Å². The van der Waals surface area contributed by atoms with E-state index in [9.17, 15) is 0 Å². The van der Waals surface area contributed by atoms with E-state index in [-0.39, 0.29) is 44.6 Å². The first-order valence-electron chi connectivity index (χ1n) is 28.3. The topological polar surface area (TPSA) is 6.48 Å². The van der Waals surface area contributed by atoms with E-state index in [1.54, 1.807) is 0 Å². The molecule has 1 aromatic heterocycles. The van der Waals surface area contributed by atoms with Gasteiger partial charge in [-0.2, -0.15) is 0 Å². The number of hydrogen-bond donors (Lipinski definition) is 0. The van der Waals surface area contributed by atoms with E-state index in [2.05, 4.69) is 236 Å². The Bertz CT molecular complexity index is 3490. The normalized spacial score (nSPS) is 20.3. The van der Waals surface area contributed by atoms with Crippen LogP contribution in [-0.4, -0.2) is 14.8 Å². The summed E-state index contributed by atoms with van der Waals surface area (Å²) in [5.74, 6) is 0. The molecule has 6 aromatic carbocycles. The van der Waals surface area contributed by atoms with Gasteiger partial charge in [-0.15, -0.1) is 11.3 Å². The van der Waals surface area contributed by atoms with Gasteiger partial charge in [-0.3, -0.25) is 0 Å². The van der Waals surface area contributed by atoms with Crippen molar-refractivity contribution in [1.82, 2.24) is 0 Å². The molecule has 0 saturated carbocycles. The summed E-state index contributed by atoms with van der Waals surface area (Å²) >= 11 is 2.04. The Morgan fingerprint density at radius 3 is 1.41 bits per heavy atom. The highest BCUT2D eigenvalue weighted by Crippen LogP contribution is 2.55. The zero-order chi connectivity index (χ0) is 52.8. The summed E-state index contributed by atoms with van der Waals surface area (Å²) in [5.41, 5.74) is 24.3. The quantitative estimate of drug-likeness (QED) is 0.162. The maximum absolute atomic E-state index is 2.76. The molecular formula is C69H83BN2SSi. The third kappa shape index (κ3) is 7.56. The van der Waals surface area contributed by atoms with Crippen molar-refractivity contribution in [2.24, 2.45) is 0 Å². The van der Waals surface area contributed by atoms with Crippen LogP contribution in [0.4, 0.5) is 33.4 Å². The number of fused-ring (bicyclic) bond motifs is 9. The zero-order valence-electron chi connectivity index (χ0n) is 48.4. The lowest BCUT2D eigenvalue weighted by Gasteiger charge is -2.46. The summed E-state index contributed by atoms with van der Waals surface area (Å²) in [7, 11) is -1.54. The number of benzene rings is 6. The second-order valence-corrected chi connectivity index (χ2v) is 36.0. The predicted octanol–water partition coefficient (Wildman–Crippen LogP) is 17.5. The lowest BCUT2D eigenvalue weighted by Crippen LogP contribution is -2.61. The molecule has 5 heteroatoms. The van der Waals surface area contributed by atoms with Gasteiger partial charge in [-0.25, -0.2) is 0 Å². The summed E-state index contributed by atoms with van der Waals surface area (Å²) in [6.07, 6.45) is 7.15. The first-order chi connectivity index (χ1) is 34.4. The second-order valence-electron chi connectivity index (χ2n) is 29.9. The monoisotopic (exact) mass is 1010 g/mol. The van der Waals surface area contributed by atoms with E-state index in [1.165, 1.54) is 154 Å². The fourth-order valence-electron chi connectivity index (χ4n) is 14.3. The van der Waals surface area contributed by atoms with Crippen LogP contribution in [-0.2, 0) is 37.9 Å². The molecule has 3 heterocycles. The van der Waals surface area contributed by atoms with Crippen molar-refractivity contribution in [1.29, 1.82) is 0 Å². The smallest absolute Gasteiger partial charge is 0.254 e. The van der Waals surface area contributed by atoms with E-state index in [1.807, 2.05) is 11.3 Å². The third-order valence-electron chi connectivity index (χ3n) is 19.8. The Balaban J connectivity index is 1.23. The van der Waals surface area contributed by atoms with Gasteiger partial charge in [0.2, 0.25) is 0 Å². The average Bonchev–Trinajstić information content (AvgIpc) is 3.75. The van der Waals surface area contributed by atoms with Crippen LogP contribution in [0.1, 0.15) is 181 Å². The van der Waals surface area contributed by atoms with E-state index >= 15 is 0 Å². The predicted molar refractivity (Wildman–Crippen MR) is 329 cm³/mol. The Morgan fingerprint density at radius 1 is 0.446 bits per heavy atom. The first kappa shape index (κ1) is 50.0. The van der Waals surface area contributed by atoms with Gasteiger partial charge in [0.1, 0.15) is 0 Å². The summed E-state index contributed by atoms with van der Waals surface area (Å²) in [6, 6.07) is 43.1. The van der Waals surface area contributed by atoms with Gasteiger partial charge in [-0.05, 0) is 203 Å². The van der Waals surface area contributed by atoms with Gasteiger partial charge in [0.25, 0.3) is 6.71 Å². The molecule has 0 saturated heterocycles. The van der Waals surface area contributed by atoms with Gasteiger partial charge in [0, 0.05) is 33.1 Å². The van der Waals surface area contributed by atoms with E-state index in [0.29, 0.717) is 0 Å². The molecule has 2 nitrogen and oxygen atoms in total. The van der Waals surface area contributed by atoms with Crippen LogP contribution < -0.4 is 31.4 Å². The number of thiophene rings is 1. The van der Waals surface area contributed by atoms with Crippen molar-refractivity contribution in [2.75, 3.05) is 9.80 Å². The Kier molecular flexibility index (Phi) is 10.7. The molecule has 3 aliphatic carbocycles. The number of rotatable bonds is 4. The molecule has 0 amide bonds. The molecule has 0 radical (unpaired) electrons. The number of hydrogen-bond acceptors (Lipinski definition) is 3. The molecule has 0 bridgehead atoms. The van der Waals surface area contributed by atoms with Crippen LogP contribution in [0.5, 0.6) is 0 Å². The van der Waals surface area contributed by atoms with Crippen LogP contribution in [0.2, 0.25) is 19.6 Å². The van der Waals surface area contributed by atoms with Crippen molar-refractivity contribution < 1.29 is 0 Å². The lowest BCUT2D eigenvalue weighted by atomic mass is 9.33. The van der Waals surface area contributed by atoms with Crippen LogP contribution in [0.15, 0.2) is 103 Å². The minimum absolute atomic E-state index is 0.0300. The average molecular weight is 1010 g/mol. The van der Waals surface area contributed by atoms with E-state index in [4.69, 9.17) is 0 Å². The molecular weight excluding hydrogens is 928 g/mol. The summed E-state index contributed by atoms with van der Waals surface area (Å²) in [6.45, 7) is 44.4. The summed E-state index contributed by atoms with van der Waals surface area (Å²) < 4.78 is 1.41. The van der Waals surface area contributed by atoms with Crippen molar-refractivity contribution in [2.45, 2.75) is 200 Å². The molecule has 7 aromatic rings. The molecule has 12 rings (SSSR count). The van der Waals surface area contributed by atoms with Crippen LogP contribution in [0, 0.1) is 0 Å². The number of nitrogens with zero attached hydrogens (tertiary/aromatic N) is 2.